The molecular weight excluding hydrogens is 152 g/mol. The van der Waals surface area contributed by atoms with Gasteiger partial charge in [0.1, 0.15) is 11.4 Å². The fourth-order valence-corrected chi connectivity index (χ4v) is 1.77. The molecule has 3 heterocycles. The van der Waals surface area contributed by atoms with Gasteiger partial charge in [-0.15, -0.1) is 0 Å². The topological polar surface area (TPSA) is 44.1 Å². The van der Waals surface area contributed by atoms with Gasteiger partial charge >= 0.3 is 0 Å². The van der Waals surface area contributed by atoms with Crippen molar-refractivity contribution in [3.8, 4) is 5.75 Å². The molecule has 0 saturated carbocycles. The Labute approximate surface area is 70.8 Å². The summed E-state index contributed by atoms with van der Waals surface area (Å²) >= 11 is 0. The Morgan fingerprint density at radius 2 is 2.50 bits per heavy atom. The molecule has 0 aromatic carbocycles. The van der Waals surface area contributed by atoms with E-state index in [1.807, 2.05) is 18.3 Å². The number of rotatable bonds is 0. The predicted molar refractivity (Wildman–Crippen MR) is 44.0 cm³/mol. The molecule has 0 bridgehead atoms. The third-order valence-electron chi connectivity index (χ3n) is 2.61. The van der Waals surface area contributed by atoms with Crippen LogP contribution in [0.5, 0.6) is 5.75 Å². The van der Waals surface area contributed by atoms with Crippen LogP contribution >= 0.6 is 0 Å². The first-order valence-corrected chi connectivity index (χ1v) is 4.24. The molecule has 1 saturated heterocycles. The molecule has 1 aromatic rings. The molecule has 12 heavy (non-hydrogen) atoms. The average molecular weight is 162 g/mol. The molecule has 0 radical (unpaired) electrons. The first kappa shape index (κ1) is 6.43. The zero-order valence-corrected chi connectivity index (χ0v) is 6.71. The number of nitrogens with zero attached hydrogens (tertiary/aromatic N) is 1. The van der Waals surface area contributed by atoms with Gasteiger partial charge in [-0.3, -0.25) is 4.98 Å². The van der Waals surface area contributed by atoms with Crippen molar-refractivity contribution in [1.29, 1.82) is 0 Å². The van der Waals surface area contributed by atoms with Crippen LogP contribution in [0.25, 0.3) is 0 Å². The Balaban J connectivity index is 2.16. The van der Waals surface area contributed by atoms with Gasteiger partial charge in [0.15, 0.2) is 0 Å². The van der Waals surface area contributed by atoms with Crippen LogP contribution in [0, 0.1) is 0 Å². The fraction of sp³-hybridized carbons (Fsp3) is 0.444. The van der Waals surface area contributed by atoms with Crippen LogP contribution in [0.1, 0.15) is 12.1 Å². The molecule has 3 rings (SSSR count). The third kappa shape index (κ3) is 0.716. The summed E-state index contributed by atoms with van der Waals surface area (Å²) in [7, 11) is 0. The number of ether oxygens (including phenoxy) is 1. The lowest BCUT2D eigenvalue weighted by Crippen LogP contribution is -2.24. The van der Waals surface area contributed by atoms with Crippen LogP contribution in [0.15, 0.2) is 18.3 Å². The highest BCUT2D eigenvalue weighted by molar-refractivity contribution is 5.39. The van der Waals surface area contributed by atoms with Crippen LogP contribution in [0.3, 0.4) is 0 Å². The second-order valence-electron chi connectivity index (χ2n) is 3.38. The van der Waals surface area contributed by atoms with Crippen molar-refractivity contribution in [1.82, 2.24) is 10.3 Å². The van der Waals surface area contributed by atoms with E-state index in [1.54, 1.807) is 0 Å². The molecule has 1 N–H and O–H groups in total. The van der Waals surface area contributed by atoms with Gasteiger partial charge in [-0.1, -0.05) is 0 Å². The summed E-state index contributed by atoms with van der Waals surface area (Å²) in [6, 6.07) is 3.91. The number of fused-ring (bicyclic) bond motifs is 2. The molecule has 1 spiro atoms. The maximum absolute atomic E-state index is 5.50. The van der Waals surface area contributed by atoms with E-state index in [2.05, 4.69) is 10.3 Å². The van der Waals surface area contributed by atoms with E-state index >= 15 is 0 Å². The van der Waals surface area contributed by atoms with Gasteiger partial charge in [0.2, 0.25) is 0 Å². The molecule has 0 aliphatic carbocycles. The fourth-order valence-electron chi connectivity index (χ4n) is 1.77. The average Bonchev–Trinajstić information content (AvgIpc) is 2.87. The van der Waals surface area contributed by atoms with Gasteiger partial charge in [-0.2, -0.15) is 0 Å². The molecule has 1 unspecified atom stereocenters. The van der Waals surface area contributed by atoms with Crippen LogP contribution in [0.2, 0.25) is 0 Å². The summed E-state index contributed by atoms with van der Waals surface area (Å²) in [5.41, 5.74) is 1.27. The highest BCUT2D eigenvalue weighted by atomic mass is 16.5. The van der Waals surface area contributed by atoms with Gasteiger partial charge in [-0.25, -0.2) is 0 Å². The standard InChI is InChI=1S/C9H10N2O/c1-2-7-8(10-4-1)9(6-11-9)3-5-12-7/h1-2,4,11H,3,5-6H2. The summed E-state index contributed by atoms with van der Waals surface area (Å²) in [5, 5.41) is 3.36. The lowest BCUT2D eigenvalue weighted by atomic mass is 9.98. The van der Waals surface area contributed by atoms with Crippen LogP contribution in [-0.4, -0.2) is 18.1 Å². The molecule has 1 atom stereocenters. The zero-order valence-electron chi connectivity index (χ0n) is 6.71. The van der Waals surface area contributed by atoms with E-state index < -0.39 is 0 Å². The molecule has 3 nitrogen and oxygen atoms in total. The van der Waals surface area contributed by atoms with E-state index in [9.17, 15) is 0 Å². The van der Waals surface area contributed by atoms with Gasteiger partial charge in [0.05, 0.1) is 12.1 Å². The molecular formula is C9H10N2O. The largest absolute Gasteiger partial charge is 0.492 e. The molecule has 0 amide bonds. The van der Waals surface area contributed by atoms with Crippen molar-refractivity contribution in [3.05, 3.63) is 24.0 Å². The lowest BCUT2D eigenvalue weighted by Gasteiger charge is -2.22. The van der Waals surface area contributed by atoms with Gasteiger partial charge in [0.25, 0.3) is 0 Å². The van der Waals surface area contributed by atoms with Crippen molar-refractivity contribution in [2.24, 2.45) is 0 Å². The second kappa shape index (κ2) is 1.98. The van der Waals surface area contributed by atoms with E-state index in [1.165, 1.54) is 0 Å². The Hall–Kier alpha value is -1.09. The first-order chi connectivity index (χ1) is 5.91. The Bertz CT molecular complexity index is 320. The monoisotopic (exact) mass is 162 g/mol. The van der Waals surface area contributed by atoms with E-state index in [4.69, 9.17) is 4.74 Å². The molecule has 1 aromatic heterocycles. The normalized spacial score (nSPS) is 31.0. The number of aromatic nitrogens is 1. The number of pyridine rings is 1. The predicted octanol–water partition coefficient (Wildman–Crippen LogP) is 0.663. The van der Waals surface area contributed by atoms with Gasteiger partial charge < -0.3 is 10.1 Å². The molecule has 1 fully saturated rings. The van der Waals surface area contributed by atoms with Crippen molar-refractivity contribution < 1.29 is 4.74 Å². The summed E-state index contributed by atoms with van der Waals surface area (Å²) in [4.78, 5) is 4.35. The Morgan fingerprint density at radius 1 is 1.58 bits per heavy atom. The highest BCUT2D eigenvalue weighted by Crippen LogP contribution is 2.41. The van der Waals surface area contributed by atoms with E-state index in [0.717, 1.165) is 31.0 Å². The Morgan fingerprint density at radius 3 is 3.33 bits per heavy atom. The summed E-state index contributed by atoms with van der Waals surface area (Å²) in [5.74, 6) is 0.953. The number of nitrogens with one attached hydrogen (secondary N) is 1. The summed E-state index contributed by atoms with van der Waals surface area (Å²) in [6.45, 7) is 1.87. The van der Waals surface area contributed by atoms with E-state index in [-0.39, 0.29) is 5.54 Å². The SMILES string of the molecule is c1cnc2c(c1)OCCC21CN1. The first-order valence-electron chi connectivity index (χ1n) is 4.24. The van der Waals surface area contributed by atoms with Crippen molar-refractivity contribution in [3.63, 3.8) is 0 Å². The third-order valence-corrected chi connectivity index (χ3v) is 2.61. The summed E-state index contributed by atoms with van der Waals surface area (Å²) in [6.07, 6.45) is 2.88. The van der Waals surface area contributed by atoms with Crippen LogP contribution in [0.4, 0.5) is 0 Å². The molecule has 3 heteroatoms. The van der Waals surface area contributed by atoms with Crippen molar-refractivity contribution >= 4 is 0 Å². The van der Waals surface area contributed by atoms with Gasteiger partial charge in [-0.05, 0) is 12.1 Å². The van der Waals surface area contributed by atoms with Crippen molar-refractivity contribution in [2.75, 3.05) is 13.2 Å². The van der Waals surface area contributed by atoms with Gasteiger partial charge in [0, 0.05) is 19.2 Å². The minimum atomic E-state index is 0.175. The van der Waals surface area contributed by atoms with Crippen LogP contribution in [-0.2, 0) is 5.54 Å². The number of hydrogen-bond donors (Lipinski definition) is 1. The summed E-state index contributed by atoms with van der Waals surface area (Å²) < 4.78 is 5.50. The van der Waals surface area contributed by atoms with E-state index in [0.29, 0.717) is 0 Å². The Kier molecular flexibility index (Phi) is 1.06. The maximum atomic E-state index is 5.50. The van der Waals surface area contributed by atoms with Crippen LogP contribution < -0.4 is 10.1 Å². The number of hydrogen-bond acceptors (Lipinski definition) is 3. The van der Waals surface area contributed by atoms with Crippen molar-refractivity contribution in [2.45, 2.75) is 12.0 Å². The minimum Gasteiger partial charge on any atom is -0.492 e. The molecule has 2 aliphatic rings. The smallest absolute Gasteiger partial charge is 0.142 e. The second-order valence-corrected chi connectivity index (χ2v) is 3.38. The highest BCUT2D eigenvalue weighted by Gasteiger charge is 2.48. The lowest BCUT2D eigenvalue weighted by molar-refractivity contribution is 0.254. The zero-order chi connectivity index (χ0) is 8.02. The minimum absolute atomic E-state index is 0.175. The molecule has 2 aliphatic heterocycles. The maximum Gasteiger partial charge on any atom is 0.142 e. The molecule has 62 valence electrons. The quantitative estimate of drug-likeness (QED) is 0.570.